The summed E-state index contributed by atoms with van der Waals surface area (Å²) in [5, 5.41) is 4.04. The SMILES string of the molecule is CCNC(CC)CCCS(=O)c1ccccc1Cl. The molecule has 2 nitrogen and oxygen atoms in total. The second kappa shape index (κ2) is 8.68. The molecule has 0 aliphatic heterocycles. The van der Waals surface area contributed by atoms with Gasteiger partial charge in [-0.25, -0.2) is 0 Å². The number of hydrogen-bond acceptors (Lipinski definition) is 2. The van der Waals surface area contributed by atoms with Crippen molar-refractivity contribution in [2.75, 3.05) is 12.3 Å². The molecule has 102 valence electrons. The van der Waals surface area contributed by atoms with Crippen LogP contribution in [-0.4, -0.2) is 22.5 Å². The van der Waals surface area contributed by atoms with E-state index in [0.29, 0.717) is 16.8 Å². The van der Waals surface area contributed by atoms with Gasteiger partial charge in [0.1, 0.15) is 0 Å². The first-order valence-corrected chi connectivity index (χ1v) is 8.25. The van der Waals surface area contributed by atoms with E-state index in [1.54, 1.807) is 6.07 Å². The molecule has 0 fully saturated rings. The van der Waals surface area contributed by atoms with Gasteiger partial charge in [-0.05, 0) is 37.9 Å². The first-order chi connectivity index (χ1) is 8.69. The smallest absolute Gasteiger partial charge is 0.0574 e. The van der Waals surface area contributed by atoms with Gasteiger partial charge in [0.2, 0.25) is 0 Å². The van der Waals surface area contributed by atoms with Crippen LogP contribution in [0.1, 0.15) is 33.1 Å². The first-order valence-electron chi connectivity index (χ1n) is 6.55. The van der Waals surface area contributed by atoms with Gasteiger partial charge in [0.15, 0.2) is 0 Å². The number of hydrogen-bond donors (Lipinski definition) is 1. The molecular formula is C14H22ClNOS. The molecule has 4 heteroatoms. The van der Waals surface area contributed by atoms with Crippen molar-refractivity contribution in [1.29, 1.82) is 0 Å². The lowest BCUT2D eigenvalue weighted by atomic mass is 10.1. The van der Waals surface area contributed by atoms with Gasteiger partial charge in [0.05, 0.1) is 20.7 Å². The van der Waals surface area contributed by atoms with Crippen LogP contribution in [0, 0.1) is 0 Å². The van der Waals surface area contributed by atoms with Crippen molar-refractivity contribution in [3.63, 3.8) is 0 Å². The van der Waals surface area contributed by atoms with Crippen LogP contribution in [0.3, 0.4) is 0 Å². The molecule has 1 aromatic carbocycles. The Morgan fingerprint density at radius 1 is 1.33 bits per heavy atom. The predicted octanol–water partition coefficient (Wildman–Crippen LogP) is 3.62. The summed E-state index contributed by atoms with van der Waals surface area (Å²) in [5.74, 6) is 0.686. The summed E-state index contributed by atoms with van der Waals surface area (Å²) < 4.78 is 12.1. The van der Waals surface area contributed by atoms with Crippen molar-refractivity contribution in [3.8, 4) is 0 Å². The highest BCUT2D eigenvalue weighted by molar-refractivity contribution is 7.85. The highest BCUT2D eigenvalue weighted by Gasteiger charge is 2.09. The number of halogens is 1. The van der Waals surface area contributed by atoms with E-state index in [9.17, 15) is 4.21 Å². The molecule has 0 saturated carbocycles. The monoisotopic (exact) mass is 287 g/mol. The Labute approximate surface area is 118 Å². The molecule has 0 bridgehead atoms. The van der Waals surface area contributed by atoms with Crippen molar-refractivity contribution in [2.45, 2.75) is 44.0 Å². The minimum Gasteiger partial charge on any atom is -0.314 e. The normalized spacial score (nSPS) is 14.4. The van der Waals surface area contributed by atoms with Gasteiger partial charge in [-0.2, -0.15) is 0 Å². The lowest BCUT2D eigenvalue weighted by Gasteiger charge is -2.15. The maximum atomic E-state index is 12.1. The van der Waals surface area contributed by atoms with Crippen molar-refractivity contribution < 1.29 is 4.21 Å². The van der Waals surface area contributed by atoms with E-state index in [4.69, 9.17) is 11.6 Å². The van der Waals surface area contributed by atoms with Gasteiger partial charge in [-0.3, -0.25) is 4.21 Å². The number of nitrogens with one attached hydrogen (secondary N) is 1. The largest absolute Gasteiger partial charge is 0.314 e. The Morgan fingerprint density at radius 3 is 2.67 bits per heavy atom. The average molecular weight is 288 g/mol. The maximum Gasteiger partial charge on any atom is 0.0574 e. The summed E-state index contributed by atoms with van der Waals surface area (Å²) in [6.45, 7) is 5.29. The van der Waals surface area contributed by atoms with Gasteiger partial charge in [-0.1, -0.05) is 37.6 Å². The van der Waals surface area contributed by atoms with Crippen LogP contribution in [0.5, 0.6) is 0 Å². The van der Waals surface area contributed by atoms with Gasteiger partial charge >= 0.3 is 0 Å². The Hall–Kier alpha value is -0.380. The molecule has 0 aliphatic rings. The Bertz CT molecular complexity index is 384. The van der Waals surface area contributed by atoms with Crippen LogP contribution < -0.4 is 5.32 Å². The van der Waals surface area contributed by atoms with E-state index >= 15 is 0 Å². The predicted molar refractivity (Wildman–Crippen MR) is 79.7 cm³/mol. The molecule has 18 heavy (non-hydrogen) atoms. The molecular weight excluding hydrogens is 266 g/mol. The highest BCUT2D eigenvalue weighted by Crippen LogP contribution is 2.19. The fourth-order valence-corrected chi connectivity index (χ4v) is 3.50. The van der Waals surface area contributed by atoms with E-state index in [1.165, 1.54) is 0 Å². The van der Waals surface area contributed by atoms with E-state index in [-0.39, 0.29) is 0 Å². The van der Waals surface area contributed by atoms with E-state index in [0.717, 1.165) is 30.7 Å². The summed E-state index contributed by atoms with van der Waals surface area (Å²) in [6.07, 6.45) is 3.15. The van der Waals surface area contributed by atoms with Crippen molar-refractivity contribution in [3.05, 3.63) is 29.3 Å². The molecule has 0 aliphatic carbocycles. The minimum atomic E-state index is -0.977. The van der Waals surface area contributed by atoms with E-state index in [2.05, 4.69) is 19.2 Å². The molecule has 0 saturated heterocycles. The van der Waals surface area contributed by atoms with Crippen LogP contribution in [0.25, 0.3) is 0 Å². The zero-order valence-electron chi connectivity index (χ0n) is 11.1. The van der Waals surface area contributed by atoms with Crippen LogP contribution >= 0.6 is 11.6 Å². The second-order valence-electron chi connectivity index (χ2n) is 4.29. The Balaban J connectivity index is 2.40. The van der Waals surface area contributed by atoms with Gasteiger partial charge in [-0.15, -0.1) is 0 Å². The van der Waals surface area contributed by atoms with E-state index < -0.39 is 10.8 Å². The zero-order valence-corrected chi connectivity index (χ0v) is 12.7. The van der Waals surface area contributed by atoms with Crippen molar-refractivity contribution >= 4 is 22.4 Å². The third-order valence-electron chi connectivity index (χ3n) is 2.95. The third-order valence-corrected chi connectivity index (χ3v) is 4.90. The molecule has 0 aromatic heterocycles. The minimum absolute atomic E-state index is 0.540. The molecule has 0 radical (unpaired) electrons. The van der Waals surface area contributed by atoms with Gasteiger partial charge in [0, 0.05) is 11.8 Å². The molecule has 0 spiro atoms. The zero-order chi connectivity index (χ0) is 13.4. The standard InChI is InChI=1S/C14H22ClNOS/c1-3-12(16-4-2)8-7-11-18(17)14-10-6-5-9-13(14)15/h5-6,9-10,12,16H,3-4,7-8,11H2,1-2H3. The summed E-state index contributed by atoms with van der Waals surface area (Å²) in [5.41, 5.74) is 0. The molecule has 0 heterocycles. The van der Waals surface area contributed by atoms with Gasteiger partial charge in [0.25, 0.3) is 0 Å². The fraction of sp³-hybridized carbons (Fsp3) is 0.571. The third kappa shape index (κ3) is 5.09. The van der Waals surface area contributed by atoms with E-state index in [1.807, 2.05) is 18.2 Å². The van der Waals surface area contributed by atoms with Crippen LogP contribution in [-0.2, 0) is 10.8 Å². The maximum absolute atomic E-state index is 12.1. The first kappa shape index (κ1) is 15.7. The lowest BCUT2D eigenvalue weighted by Crippen LogP contribution is -2.28. The van der Waals surface area contributed by atoms with Crippen molar-refractivity contribution in [2.24, 2.45) is 0 Å². The summed E-state index contributed by atoms with van der Waals surface area (Å²) in [4.78, 5) is 0.760. The second-order valence-corrected chi connectivity index (χ2v) is 6.23. The Kier molecular flexibility index (Phi) is 7.56. The molecule has 1 aromatic rings. The molecule has 0 amide bonds. The van der Waals surface area contributed by atoms with Crippen molar-refractivity contribution in [1.82, 2.24) is 5.32 Å². The summed E-state index contributed by atoms with van der Waals surface area (Å²) in [7, 11) is -0.977. The Morgan fingerprint density at radius 2 is 2.06 bits per heavy atom. The fourth-order valence-electron chi connectivity index (χ4n) is 1.94. The quantitative estimate of drug-likeness (QED) is 0.791. The van der Waals surface area contributed by atoms with Crippen LogP contribution in [0.4, 0.5) is 0 Å². The molecule has 2 atom stereocenters. The van der Waals surface area contributed by atoms with Crippen LogP contribution in [0.15, 0.2) is 29.2 Å². The molecule has 1 rings (SSSR count). The van der Waals surface area contributed by atoms with Crippen LogP contribution in [0.2, 0.25) is 5.02 Å². The van der Waals surface area contributed by atoms with Gasteiger partial charge < -0.3 is 5.32 Å². The number of rotatable bonds is 8. The average Bonchev–Trinajstić information content (AvgIpc) is 2.38. The summed E-state index contributed by atoms with van der Waals surface area (Å²) >= 11 is 6.03. The topological polar surface area (TPSA) is 29.1 Å². The highest BCUT2D eigenvalue weighted by atomic mass is 35.5. The lowest BCUT2D eigenvalue weighted by molar-refractivity contribution is 0.476. The summed E-state index contributed by atoms with van der Waals surface area (Å²) in [6, 6.07) is 7.93. The molecule has 2 unspecified atom stereocenters. The molecule has 1 N–H and O–H groups in total. The number of benzene rings is 1.